The summed E-state index contributed by atoms with van der Waals surface area (Å²) in [5.41, 5.74) is 1.30. The highest BCUT2D eigenvalue weighted by Gasteiger charge is 2.33. The molecule has 0 aromatic heterocycles. The van der Waals surface area contributed by atoms with Gasteiger partial charge in [0.2, 0.25) is 0 Å². The molecule has 3 heterocycles. The number of anilines is 1. The molecular weight excluding hydrogens is 232 g/mol. The fraction of sp³-hybridized carbons (Fsp3) is 0.412. The first-order valence-electron chi connectivity index (χ1n) is 7.37. The second kappa shape index (κ2) is 4.53. The Morgan fingerprint density at radius 2 is 1.74 bits per heavy atom. The second-order valence-electron chi connectivity index (χ2n) is 5.92. The van der Waals surface area contributed by atoms with Gasteiger partial charge in [-0.3, -0.25) is 0 Å². The fourth-order valence-corrected chi connectivity index (χ4v) is 3.68. The Bertz CT molecular complexity index is 579. The van der Waals surface area contributed by atoms with Crippen LogP contribution in [0.15, 0.2) is 42.5 Å². The Balaban J connectivity index is 1.65. The van der Waals surface area contributed by atoms with Gasteiger partial charge >= 0.3 is 0 Å². The van der Waals surface area contributed by atoms with E-state index in [1.54, 1.807) is 0 Å². The van der Waals surface area contributed by atoms with E-state index < -0.39 is 0 Å². The first-order chi connectivity index (χ1) is 9.40. The van der Waals surface area contributed by atoms with Gasteiger partial charge in [0, 0.05) is 23.7 Å². The van der Waals surface area contributed by atoms with Crippen LogP contribution in [-0.4, -0.2) is 30.6 Å². The standard InChI is InChI=1S/C17H20N2/c1-2-6-15-13(4-1)5-3-7-16(15)18-17-12-19-10-8-14(17)9-11-19/h1-7,14,17-18H,8-12H2. The minimum absolute atomic E-state index is 0.633. The summed E-state index contributed by atoms with van der Waals surface area (Å²) in [4.78, 5) is 2.60. The van der Waals surface area contributed by atoms with E-state index in [1.807, 2.05) is 0 Å². The highest BCUT2D eigenvalue weighted by molar-refractivity contribution is 5.93. The molecule has 98 valence electrons. The minimum Gasteiger partial charge on any atom is -0.380 e. The Morgan fingerprint density at radius 3 is 2.53 bits per heavy atom. The zero-order valence-corrected chi connectivity index (χ0v) is 11.2. The lowest BCUT2D eigenvalue weighted by Gasteiger charge is -2.45. The lowest BCUT2D eigenvalue weighted by molar-refractivity contribution is 0.0976. The molecule has 0 spiro atoms. The Labute approximate surface area is 114 Å². The zero-order chi connectivity index (χ0) is 12.7. The summed E-state index contributed by atoms with van der Waals surface area (Å²) in [6.07, 6.45) is 2.73. The molecule has 3 aliphatic heterocycles. The lowest BCUT2D eigenvalue weighted by atomic mass is 9.84. The Morgan fingerprint density at radius 1 is 0.947 bits per heavy atom. The van der Waals surface area contributed by atoms with Crippen molar-refractivity contribution in [2.45, 2.75) is 18.9 Å². The number of piperidine rings is 3. The van der Waals surface area contributed by atoms with Crippen molar-refractivity contribution in [1.29, 1.82) is 0 Å². The number of hydrogen-bond acceptors (Lipinski definition) is 2. The van der Waals surface area contributed by atoms with Gasteiger partial charge in [0.15, 0.2) is 0 Å². The van der Waals surface area contributed by atoms with Crippen LogP contribution in [0.4, 0.5) is 5.69 Å². The third kappa shape index (κ3) is 2.00. The largest absolute Gasteiger partial charge is 0.380 e. The fourth-order valence-electron chi connectivity index (χ4n) is 3.68. The molecule has 2 heteroatoms. The van der Waals surface area contributed by atoms with Gasteiger partial charge in [0.1, 0.15) is 0 Å². The minimum atomic E-state index is 0.633. The number of nitrogens with zero attached hydrogens (tertiary/aromatic N) is 1. The molecule has 2 bridgehead atoms. The number of rotatable bonds is 2. The van der Waals surface area contributed by atoms with E-state index in [-0.39, 0.29) is 0 Å². The summed E-state index contributed by atoms with van der Waals surface area (Å²) in [7, 11) is 0. The molecule has 0 radical (unpaired) electrons. The molecule has 5 rings (SSSR count). The van der Waals surface area contributed by atoms with Crippen LogP contribution < -0.4 is 5.32 Å². The SMILES string of the molecule is c1ccc2c(NC3CN4CCC3CC4)cccc2c1. The summed E-state index contributed by atoms with van der Waals surface area (Å²) in [6.45, 7) is 3.82. The van der Waals surface area contributed by atoms with Gasteiger partial charge in [-0.2, -0.15) is 0 Å². The van der Waals surface area contributed by atoms with E-state index >= 15 is 0 Å². The average Bonchev–Trinajstić information content (AvgIpc) is 2.49. The molecule has 1 atom stereocenters. The molecule has 0 saturated carbocycles. The lowest BCUT2D eigenvalue weighted by Crippen LogP contribution is -2.53. The number of nitrogens with one attached hydrogen (secondary N) is 1. The van der Waals surface area contributed by atoms with Crippen LogP contribution in [0.25, 0.3) is 10.8 Å². The normalized spacial score (nSPS) is 29.6. The van der Waals surface area contributed by atoms with E-state index in [0.717, 1.165) is 5.92 Å². The number of hydrogen-bond donors (Lipinski definition) is 1. The van der Waals surface area contributed by atoms with E-state index in [0.29, 0.717) is 6.04 Å². The first-order valence-corrected chi connectivity index (χ1v) is 7.37. The number of benzene rings is 2. The van der Waals surface area contributed by atoms with Crippen LogP contribution in [0.3, 0.4) is 0 Å². The van der Waals surface area contributed by atoms with E-state index in [2.05, 4.69) is 52.7 Å². The topological polar surface area (TPSA) is 15.3 Å². The van der Waals surface area contributed by atoms with Crippen molar-refractivity contribution in [2.75, 3.05) is 25.0 Å². The molecule has 1 unspecified atom stereocenters. The van der Waals surface area contributed by atoms with Gasteiger partial charge in [0.25, 0.3) is 0 Å². The summed E-state index contributed by atoms with van der Waals surface area (Å²) >= 11 is 0. The third-order valence-corrected chi connectivity index (χ3v) is 4.79. The van der Waals surface area contributed by atoms with Crippen LogP contribution in [0, 0.1) is 5.92 Å². The summed E-state index contributed by atoms with van der Waals surface area (Å²) in [6, 6.07) is 15.9. The Hall–Kier alpha value is -1.54. The molecule has 3 fully saturated rings. The molecule has 2 aromatic carbocycles. The molecule has 0 amide bonds. The molecule has 3 saturated heterocycles. The van der Waals surface area contributed by atoms with Gasteiger partial charge in [-0.05, 0) is 43.3 Å². The molecule has 19 heavy (non-hydrogen) atoms. The average molecular weight is 252 g/mol. The predicted molar refractivity (Wildman–Crippen MR) is 80.5 cm³/mol. The smallest absolute Gasteiger partial charge is 0.0422 e. The van der Waals surface area contributed by atoms with Crippen molar-refractivity contribution in [3.8, 4) is 0 Å². The third-order valence-electron chi connectivity index (χ3n) is 4.79. The van der Waals surface area contributed by atoms with Crippen molar-refractivity contribution in [3.63, 3.8) is 0 Å². The van der Waals surface area contributed by atoms with Gasteiger partial charge in [-0.1, -0.05) is 36.4 Å². The van der Waals surface area contributed by atoms with Crippen molar-refractivity contribution in [3.05, 3.63) is 42.5 Å². The molecule has 2 aromatic rings. The maximum atomic E-state index is 3.81. The highest BCUT2D eigenvalue weighted by atomic mass is 15.2. The summed E-state index contributed by atoms with van der Waals surface area (Å²) in [5, 5.41) is 6.49. The quantitative estimate of drug-likeness (QED) is 0.881. The van der Waals surface area contributed by atoms with Crippen LogP contribution in [0.2, 0.25) is 0 Å². The molecule has 1 N–H and O–H groups in total. The summed E-state index contributed by atoms with van der Waals surface area (Å²) in [5.74, 6) is 0.865. The molecule has 0 aliphatic carbocycles. The van der Waals surface area contributed by atoms with Crippen LogP contribution >= 0.6 is 0 Å². The van der Waals surface area contributed by atoms with E-state index in [4.69, 9.17) is 0 Å². The van der Waals surface area contributed by atoms with Crippen molar-refractivity contribution in [1.82, 2.24) is 4.90 Å². The van der Waals surface area contributed by atoms with Crippen LogP contribution in [0.5, 0.6) is 0 Å². The zero-order valence-electron chi connectivity index (χ0n) is 11.2. The first kappa shape index (κ1) is 11.3. The highest BCUT2D eigenvalue weighted by Crippen LogP contribution is 2.31. The van der Waals surface area contributed by atoms with E-state index in [1.165, 1.54) is 48.9 Å². The van der Waals surface area contributed by atoms with Crippen LogP contribution in [-0.2, 0) is 0 Å². The van der Waals surface area contributed by atoms with Crippen molar-refractivity contribution < 1.29 is 0 Å². The maximum absolute atomic E-state index is 3.81. The van der Waals surface area contributed by atoms with E-state index in [9.17, 15) is 0 Å². The molecule has 2 nitrogen and oxygen atoms in total. The number of fused-ring (bicyclic) bond motifs is 4. The monoisotopic (exact) mass is 252 g/mol. The molecule has 3 aliphatic rings. The second-order valence-corrected chi connectivity index (χ2v) is 5.92. The van der Waals surface area contributed by atoms with Crippen LogP contribution in [0.1, 0.15) is 12.8 Å². The van der Waals surface area contributed by atoms with Crippen molar-refractivity contribution >= 4 is 16.5 Å². The van der Waals surface area contributed by atoms with Gasteiger partial charge in [0.05, 0.1) is 0 Å². The van der Waals surface area contributed by atoms with Crippen molar-refractivity contribution in [2.24, 2.45) is 5.92 Å². The maximum Gasteiger partial charge on any atom is 0.0422 e. The van der Waals surface area contributed by atoms with Gasteiger partial charge in [-0.15, -0.1) is 0 Å². The van der Waals surface area contributed by atoms with Gasteiger partial charge < -0.3 is 10.2 Å². The molecular formula is C17H20N2. The Kier molecular flexibility index (Phi) is 2.70. The summed E-state index contributed by atoms with van der Waals surface area (Å²) < 4.78 is 0. The van der Waals surface area contributed by atoms with Gasteiger partial charge in [-0.25, -0.2) is 0 Å². The predicted octanol–water partition coefficient (Wildman–Crippen LogP) is 3.35.